The molecule has 1 aromatic heterocycles. The Kier molecular flexibility index (Phi) is 4.88. The number of amides is 1. The van der Waals surface area contributed by atoms with Crippen LogP contribution in [0.4, 0.5) is 13.2 Å². The fourth-order valence-corrected chi connectivity index (χ4v) is 3.42. The second-order valence-electron chi connectivity index (χ2n) is 5.28. The van der Waals surface area contributed by atoms with Gasteiger partial charge < -0.3 is 4.90 Å². The first-order valence-electron chi connectivity index (χ1n) is 6.73. The van der Waals surface area contributed by atoms with Gasteiger partial charge in [-0.15, -0.1) is 11.3 Å². The Morgan fingerprint density at radius 3 is 2.86 bits per heavy atom. The molecule has 1 unspecified atom stereocenters. The van der Waals surface area contributed by atoms with Crippen molar-refractivity contribution < 1.29 is 18.0 Å². The number of alkyl halides is 3. The Bertz CT molecular complexity index is 503. The molecule has 0 aliphatic carbocycles. The number of likely N-dealkylation sites (N-methyl/N-ethyl adjacent to an activating group) is 1. The summed E-state index contributed by atoms with van der Waals surface area (Å²) in [5, 5.41) is 0.908. The minimum Gasteiger partial charge on any atom is -0.339 e. The zero-order chi connectivity index (χ0) is 15.6. The lowest BCUT2D eigenvalue weighted by atomic mass is 10.2. The van der Waals surface area contributed by atoms with Gasteiger partial charge in [-0.1, -0.05) is 0 Å². The van der Waals surface area contributed by atoms with E-state index in [1.807, 2.05) is 6.92 Å². The van der Waals surface area contributed by atoms with Crippen LogP contribution in [0.2, 0.25) is 0 Å². The Labute approximate surface area is 125 Å². The number of rotatable bonds is 4. The van der Waals surface area contributed by atoms with E-state index in [1.165, 1.54) is 21.1 Å². The van der Waals surface area contributed by atoms with E-state index in [9.17, 15) is 18.0 Å². The molecule has 8 heteroatoms. The minimum atomic E-state index is -4.27. The Hall–Kier alpha value is -1.15. The summed E-state index contributed by atoms with van der Waals surface area (Å²) < 4.78 is 37.6. The largest absolute Gasteiger partial charge is 0.401 e. The molecular formula is C13H18F3N3OS. The molecule has 1 aliphatic rings. The first-order valence-corrected chi connectivity index (χ1v) is 7.55. The highest BCUT2D eigenvalue weighted by Crippen LogP contribution is 2.25. The number of hydrogen-bond donors (Lipinski definition) is 0. The fraction of sp³-hybridized carbons (Fsp3) is 0.692. The van der Waals surface area contributed by atoms with Crippen LogP contribution in [0.5, 0.6) is 0 Å². The summed E-state index contributed by atoms with van der Waals surface area (Å²) in [6.07, 6.45) is -1.46. The van der Waals surface area contributed by atoms with E-state index in [4.69, 9.17) is 0 Å². The van der Waals surface area contributed by atoms with Crippen molar-refractivity contribution >= 4 is 17.2 Å². The highest BCUT2D eigenvalue weighted by Gasteiger charge is 2.39. The molecule has 1 aliphatic heterocycles. The summed E-state index contributed by atoms with van der Waals surface area (Å²) in [5.41, 5.74) is 0. The molecule has 1 aromatic rings. The molecule has 0 spiro atoms. The molecule has 21 heavy (non-hydrogen) atoms. The fourth-order valence-electron chi connectivity index (χ4n) is 2.57. The Morgan fingerprint density at radius 2 is 2.29 bits per heavy atom. The van der Waals surface area contributed by atoms with Crippen molar-refractivity contribution in [1.82, 2.24) is 14.8 Å². The van der Waals surface area contributed by atoms with E-state index < -0.39 is 18.8 Å². The van der Waals surface area contributed by atoms with Crippen molar-refractivity contribution in [2.24, 2.45) is 0 Å². The predicted molar refractivity (Wildman–Crippen MR) is 74.0 cm³/mol. The average molecular weight is 321 g/mol. The summed E-state index contributed by atoms with van der Waals surface area (Å²) in [6, 6.07) is -0.661. The van der Waals surface area contributed by atoms with Crippen LogP contribution in [0.25, 0.3) is 0 Å². The SMILES string of the molecule is Cc1ncc(CN(C)C(=O)C2CCCN2CC(F)(F)F)s1. The van der Waals surface area contributed by atoms with Gasteiger partial charge in [0.2, 0.25) is 5.91 Å². The Morgan fingerprint density at radius 1 is 1.57 bits per heavy atom. The number of thiazole rings is 1. The molecule has 1 fully saturated rings. The maximum Gasteiger partial charge on any atom is 0.401 e. The molecule has 2 rings (SSSR count). The Balaban J connectivity index is 1.97. The zero-order valence-electron chi connectivity index (χ0n) is 12.0. The number of likely N-dealkylation sites (tertiary alicyclic amines) is 1. The lowest BCUT2D eigenvalue weighted by Crippen LogP contribution is -2.46. The number of aryl methyl sites for hydroxylation is 1. The normalized spacial score (nSPS) is 20.0. The highest BCUT2D eigenvalue weighted by atomic mass is 32.1. The minimum absolute atomic E-state index is 0.247. The first kappa shape index (κ1) is 16.2. The van der Waals surface area contributed by atoms with Gasteiger partial charge in [-0.3, -0.25) is 9.69 Å². The number of hydrogen-bond acceptors (Lipinski definition) is 4. The second-order valence-corrected chi connectivity index (χ2v) is 6.60. The first-order chi connectivity index (χ1) is 9.76. The quantitative estimate of drug-likeness (QED) is 0.855. The topological polar surface area (TPSA) is 36.4 Å². The van der Waals surface area contributed by atoms with Crippen LogP contribution in [0.15, 0.2) is 6.20 Å². The van der Waals surface area contributed by atoms with E-state index >= 15 is 0 Å². The van der Waals surface area contributed by atoms with Gasteiger partial charge in [0.25, 0.3) is 0 Å². The van der Waals surface area contributed by atoms with E-state index in [2.05, 4.69) is 4.98 Å². The summed E-state index contributed by atoms with van der Waals surface area (Å²) in [4.78, 5) is 20.1. The summed E-state index contributed by atoms with van der Waals surface area (Å²) in [7, 11) is 1.63. The third kappa shape index (κ3) is 4.41. The summed E-state index contributed by atoms with van der Waals surface area (Å²) >= 11 is 1.49. The molecule has 0 aromatic carbocycles. The van der Waals surface area contributed by atoms with Crippen LogP contribution in [0.1, 0.15) is 22.7 Å². The van der Waals surface area contributed by atoms with Gasteiger partial charge in [-0.25, -0.2) is 4.98 Å². The van der Waals surface area contributed by atoms with E-state index in [0.29, 0.717) is 25.9 Å². The van der Waals surface area contributed by atoms with Gasteiger partial charge in [0.1, 0.15) is 0 Å². The number of carbonyl (C=O) groups excluding carboxylic acids is 1. The molecule has 0 radical (unpaired) electrons. The maximum absolute atomic E-state index is 12.5. The molecule has 4 nitrogen and oxygen atoms in total. The third-order valence-corrected chi connectivity index (χ3v) is 4.37. The molecule has 2 heterocycles. The van der Waals surface area contributed by atoms with Crippen LogP contribution in [0, 0.1) is 6.92 Å². The maximum atomic E-state index is 12.5. The van der Waals surface area contributed by atoms with Crippen molar-refractivity contribution in [1.29, 1.82) is 0 Å². The van der Waals surface area contributed by atoms with Crippen molar-refractivity contribution in [2.75, 3.05) is 20.1 Å². The molecule has 1 atom stereocenters. The van der Waals surface area contributed by atoms with Crippen molar-refractivity contribution in [3.8, 4) is 0 Å². The lowest BCUT2D eigenvalue weighted by molar-refractivity contribution is -0.154. The number of nitrogens with zero attached hydrogens (tertiary/aromatic N) is 3. The summed E-state index contributed by atoms with van der Waals surface area (Å²) in [5.74, 6) is -0.247. The average Bonchev–Trinajstić information content (AvgIpc) is 2.95. The second kappa shape index (κ2) is 6.31. The predicted octanol–water partition coefficient (Wildman–Crippen LogP) is 2.44. The molecular weight excluding hydrogens is 303 g/mol. The van der Waals surface area contributed by atoms with Crippen LogP contribution >= 0.6 is 11.3 Å². The molecule has 118 valence electrons. The molecule has 0 saturated carbocycles. The number of halogens is 3. The van der Waals surface area contributed by atoms with E-state index in [0.717, 1.165) is 9.88 Å². The monoisotopic (exact) mass is 321 g/mol. The molecule has 0 bridgehead atoms. The molecule has 1 amide bonds. The van der Waals surface area contributed by atoms with Gasteiger partial charge >= 0.3 is 6.18 Å². The summed E-state index contributed by atoms with van der Waals surface area (Å²) in [6.45, 7) is 1.57. The van der Waals surface area contributed by atoms with E-state index in [-0.39, 0.29) is 5.91 Å². The van der Waals surface area contributed by atoms with E-state index in [1.54, 1.807) is 13.2 Å². The van der Waals surface area contributed by atoms with Crippen LogP contribution in [-0.2, 0) is 11.3 Å². The number of aromatic nitrogens is 1. The van der Waals surface area contributed by atoms with Gasteiger partial charge in [-0.2, -0.15) is 13.2 Å². The standard InChI is InChI=1S/C13H18F3N3OS/c1-9-17-6-10(21-9)7-18(2)12(20)11-4-3-5-19(11)8-13(14,15)16/h6,11H,3-5,7-8H2,1-2H3. The van der Waals surface area contributed by atoms with Gasteiger partial charge in [0.05, 0.1) is 24.1 Å². The van der Waals surface area contributed by atoms with Crippen LogP contribution < -0.4 is 0 Å². The molecule has 0 N–H and O–H groups in total. The van der Waals surface area contributed by atoms with Crippen LogP contribution in [-0.4, -0.2) is 53.0 Å². The van der Waals surface area contributed by atoms with Gasteiger partial charge in [0, 0.05) is 18.1 Å². The van der Waals surface area contributed by atoms with Gasteiger partial charge in [-0.05, 0) is 26.3 Å². The van der Waals surface area contributed by atoms with Crippen molar-refractivity contribution in [3.05, 3.63) is 16.1 Å². The third-order valence-electron chi connectivity index (χ3n) is 3.47. The van der Waals surface area contributed by atoms with Crippen molar-refractivity contribution in [3.63, 3.8) is 0 Å². The number of carbonyl (C=O) groups is 1. The van der Waals surface area contributed by atoms with Crippen LogP contribution in [0.3, 0.4) is 0 Å². The van der Waals surface area contributed by atoms with Gasteiger partial charge in [0.15, 0.2) is 0 Å². The smallest absolute Gasteiger partial charge is 0.339 e. The molecule has 1 saturated heterocycles. The lowest BCUT2D eigenvalue weighted by Gasteiger charge is -2.28. The highest BCUT2D eigenvalue weighted by molar-refractivity contribution is 7.11. The van der Waals surface area contributed by atoms with Crippen molar-refractivity contribution in [2.45, 2.75) is 38.5 Å². The zero-order valence-corrected chi connectivity index (χ0v) is 12.8.